The summed E-state index contributed by atoms with van der Waals surface area (Å²) in [6, 6.07) is 18.4. The molecule has 1 saturated heterocycles. The van der Waals surface area contributed by atoms with E-state index >= 15 is 0 Å². The van der Waals surface area contributed by atoms with E-state index in [2.05, 4.69) is 65.1 Å². The second-order valence-electron chi connectivity index (χ2n) is 7.43. The standard InChI is InChI=1S/C23H24N4O2S/c1-16(2)17-8-10-19(11-9-17)27-20(18-6-4-3-5-7-18)14-25-23(27)30-13-12-26-21(28)15-24-22(26)29/h3-11,14,16H,12-13,15H2,1-2H3,(H,24,29). The van der Waals surface area contributed by atoms with Gasteiger partial charge in [-0.15, -0.1) is 0 Å². The summed E-state index contributed by atoms with van der Waals surface area (Å²) in [5.74, 6) is 0.862. The second-order valence-corrected chi connectivity index (χ2v) is 8.49. The van der Waals surface area contributed by atoms with Gasteiger partial charge in [-0.05, 0) is 23.6 Å². The van der Waals surface area contributed by atoms with Crippen molar-refractivity contribution in [2.75, 3.05) is 18.8 Å². The van der Waals surface area contributed by atoms with E-state index in [9.17, 15) is 9.59 Å². The van der Waals surface area contributed by atoms with Gasteiger partial charge >= 0.3 is 6.03 Å². The highest BCUT2D eigenvalue weighted by Gasteiger charge is 2.28. The predicted octanol–water partition coefficient (Wildman–Crippen LogP) is 4.31. The Morgan fingerprint density at radius 1 is 1.07 bits per heavy atom. The molecule has 2 heterocycles. The summed E-state index contributed by atoms with van der Waals surface area (Å²) in [4.78, 5) is 29.5. The van der Waals surface area contributed by atoms with E-state index < -0.39 is 0 Å². The van der Waals surface area contributed by atoms with Gasteiger partial charge in [-0.2, -0.15) is 0 Å². The largest absolute Gasteiger partial charge is 0.329 e. The Balaban J connectivity index is 1.62. The summed E-state index contributed by atoms with van der Waals surface area (Å²) in [5, 5.41) is 3.38. The average Bonchev–Trinajstić information content (AvgIpc) is 3.32. The van der Waals surface area contributed by atoms with Crippen molar-refractivity contribution < 1.29 is 9.59 Å². The molecule has 154 valence electrons. The van der Waals surface area contributed by atoms with E-state index in [1.807, 2.05) is 24.4 Å². The molecule has 30 heavy (non-hydrogen) atoms. The number of carbonyl (C=O) groups is 2. The maximum absolute atomic E-state index is 11.8. The van der Waals surface area contributed by atoms with Gasteiger partial charge in [0.05, 0.1) is 18.4 Å². The lowest BCUT2D eigenvalue weighted by Crippen LogP contribution is -2.32. The van der Waals surface area contributed by atoms with E-state index in [1.54, 1.807) is 0 Å². The molecule has 1 aromatic heterocycles. The van der Waals surface area contributed by atoms with Crippen LogP contribution in [0, 0.1) is 0 Å². The third kappa shape index (κ3) is 4.11. The minimum absolute atomic E-state index is 0.0818. The Bertz CT molecular complexity index is 1030. The number of hydrogen-bond acceptors (Lipinski definition) is 4. The minimum atomic E-state index is -0.321. The quantitative estimate of drug-likeness (QED) is 0.457. The van der Waals surface area contributed by atoms with Crippen LogP contribution in [0.1, 0.15) is 25.3 Å². The van der Waals surface area contributed by atoms with E-state index in [-0.39, 0.29) is 18.5 Å². The fraction of sp³-hybridized carbons (Fsp3) is 0.261. The lowest BCUT2D eigenvalue weighted by molar-refractivity contribution is -0.124. The van der Waals surface area contributed by atoms with E-state index in [0.717, 1.165) is 22.1 Å². The van der Waals surface area contributed by atoms with Crippen molar-refractivity contribution in [3.8, 4) is 16.9 Å². The number of amides is 3. The number of thioether (sulfide) groups is 1. The van der Waals surface area contributed by atoms with E-state index in [4.69, 9.17) is 0 Å². The number of carbonyl (C=O) groups excluding carboxylic acids is 2. The first-order valence-electron chi connectivity index (χ1n) is 9.99. The maximum Gasteiger partial charge on any atom is 0.324 e. The topological polar surface area (TPSA) is 67.2 Å². The van der Waals surface area contributed by atoms with Gasteiger partial charge in [-0.1, -0.05) is 68.1 Å². The highest BCUT2D eigenvalue weighted by molar-refractivity contribution is 7.99. The third-order valence-electron chi connectivity index (χ3n) is 5.10. The fourth-order valence-corrected chi connectivity index (χ4v) is 4.33. The zero-order valence-electron chi connectivity index (χ0n) is 17.0. The van der Waals surface area contributed by atoms with Gasteiger partial charge in [0.2, 0.25) is 5.91 Å². The van der Waals surface area contributed by atoms with Crippen LogP contribution in [0.25, 0.3) is 16.9 Å². The Hall–Kier alpha value is -3.06. The molecule has 7 heteroatoms. The highest BCUT2D eigenvalue weighted by Crippen LogP contribution is 2.30. The summed E-state index contributed by atoms with van der Waals surface area (Å²) in [5.41, 5.74) is 4.41. The van der Waals surface area contributed by atoms with Crippen LogP contribution in [0.5, 0.6) is 0 Å². The highest BCUT2D eigenvalue weighted by atomic mass is 32.2. The van der Waals surface area contributed by atoms with Gasteiger partial charge in [-0.25, -0.2) is 9.78 Å². The lowest BCUT2D eigenvalue weighted by Gasteiger charge is -2.15. The average molecular weight is 421 g/mol. The van der Waals surface area contributed by atoms with Gasteiger partial charge in [-0.3, -0.25) is 14.3 Å². The van der Waals surface area contributed by atoms with Crippen LogP contribution in [0.3, 0.4) is 0 Å². The molecule has 1 N–H and O–H groups in total. The molecule has 0 atom stereocenters. The van der Waals surface area contributed by atoms with Crippen LogP contribution in [0.4, 0.5) is 4.79 Å². The number of imide groups is 1. The number of nitrogens with zero attached hydrogens (tertiary/aromatic N) is 3. The van der Waals surface area contributed by atoms with Crippen molar-refractivity contribution in [1.82, 2.24) is 19.8 Å². The molecule has 3 amide bonds. The molecule has 6 nitrogen and oxygen atoms in total. The van der Waals surface area contributed by atoms with Gasteiger partial charge < -0.3 is 5.32 Å². The predicted molar refractivity (Wildman–Crippen MR) is 119 cm³/mol. The van der Waals surface area contributed by atoms with Gasteiger partial charge in [0.25, 0.3) is 0 Å². The number of benzene rings is 2. The van der Waals surface area contributed by atoms with Crippen LogP contribution >= 0.6 is 11.8 Å². The molecule has 1 aliphatic heterocycles. The van der Waals surface area contributed by atoms with Gasteiger partial charge in [0, 0.05) is 23.5 Å². The normalized spacial score (nSPS) is 13.9. The summed E-state index contributed by atoms with van der Waals surface area (Å²) in [6.45, 7) is 4.80. The Labute approximate surface area is 180 Å². The first-order valence-corrected chi connectivity index (χ1v) is 11.0. The molecule has 0 radical (unpaired) electrons. The molecule has 1 aliphatic rings. The summed E-state index contributed by atoms with van der Waals surface area (Å²) < 4.78 is 2.13. The molecule has 2 aromatic carbocycles. The van der Waals surface area contributed by atoms with Crippen molar-refractivity contribution in [2.24, 2.45) is 0 Å². The summed E-state index contributed by atoms with van der Waals surface area (Å²) in [6.07, 6.45) is 1.88. The molecular formula is C23H24N4O2S. The molecule has 1 fully saturated rings. The SMILES string of the molecule is CC(C)c1ccc(-n2c(-c3ccccc3)cnc2SCCN2C(=O)CNC2=O)cc1. The first-order chi connectivity index (χ1) is 14.5. The molecule has 3 aromatic rings. The minimum Gasteiger partial charge on any atom is -0.329 e. The monoisotopic (exact) mass is 420 g/mol. The van der Waals surface area contributed by atoms with Crippen LogP contribution in [-0.4, -0.2) is 45.2 Å². The molecule has 4 rings (SSSR count). The zero-order valence-corrected chi connectivity index (χ0v) is 17.9. The number of urea groups is 1. The van der Waals surface area contributed by atoms with Crippen LogP contribution in [0.15, 0.2) is 66.0 Å². The van der Waals surface area contributed by atoms with E-state index in [1.165, 1.54) is 22.2 Å². The molecule has 0 spiro atoms. The fourth-order valence-electron chi connectivity index (χ4n) is 3.42. The molecule has 0 aliphatic carbocycles. The number of nitrogens with one attached hydrogen (secondary N) is 1. The van der Waals surface area contributed by atoms with Crippen LogP contribution in [0.2, 0.25) is 0 Å². The number of hydrogen-bond donors (Lipinski definition) is 1. The van der Waals surface area contributed by atoms with Crippen molar-refractivity contribution in [2.45, 2.75) is 24.9 Å². The zero-order chi connectivity index (χ0) is 21.1. The number of rotatable bonds is 7. The number of aromatic nitrogens is 2. The Morgan fingerprint density at radius 2 is 1.80 bits per heavy atom. The Morgan fingerprint density at radius 3 is 2.43 bits per heavy atom. The van der Waals surface area contributed by atoms with Crippen molar-refractivity contribution in [3.05, 3.63) is 66.4 Å². The Kier molecular flexibility index (Phi) is 5.90. The molecule has 0 saturated carbocycles. The van der Waals surface area contributed by atoms with Crippen molar-refractivity contribution in [1.29, 1.82) is 0 Å². The van der Waals surface area contributed by atoms with Crippen LogP contribution < -0.4 is 5.32 Å². The third-order valence-corrected chi connectivity index (χ3v) is 6.03. The maximum atomic E-state index is 11.8. The molecule has 0 unspecified atom stereocenters. The first kappa shape index (κ1) is 20.2. The second kappa shape index (κ2) is 8.75. The van der Waals surface area contributed by atoms with Gasteiger partial charge in [0.15, 0.2) is 5.16 Å². The molecular weight excluding hydrogens is 396 g/mol. The van der Waals surface area contributed by atoms with E-state index in [0.29, 0.717) is 18.2 Å². The number of imidazole rings is 1. The van der Waals surface area contributed by atoms with Gasteiger partial charge in [0.1, 0.15) is 0 Å². The summed E-state index contributed by atoms with van der Waals surface area (Å²) >= 11 is 1.54. The summed E-state index contributed by atoms with van der Waals surface area (Å²) in [7, 11) is 0. The lowest BCUT2D eigenvalue weighted by atomic mass is 10.0. The molecule has 0 bridgehead atoms. The van der Waals surface area contributed by atoms with Crippen LogP contribution in [-0.2, 0) is 4.79 Å². The van der Waals surface area contributed by atoms with Crippen molar-refractivity contribution >= 4 is 23.7 Å². The smallest absolute Gasteiger partial charge is 0.324 e. The van der Waals surface area contributed by atoms with Crippen molar-refractivity contribution in [3.63, 3.8) is 0 Å².